The molecule has 0 atom stereocenters. The van der Waals surface area contributed by atoms with Crippen LogP contribution in [0.4, 0.5) is 0 Å². The Hall–Kier alpha value is -0.630. The molecule has 0 aliphatic heterocycles. The van der Waals surface area contributed by atoms with Crippen molar-refractivity contribution in [2.75, 3.05) is 20.1 Å². The number of hydrogen-bond acceptors (Lipinski definition) is 2. The number of carbonyl (C=O) groups excluding carboxylic acids is 1. The Morgan fingerprint density at radius 1 is 1.55 bits per heavy atom. The number of likely N-dealkylation sites (N-methyl/N-ethyl adjacent to an activating group) is 1. The van der Waals surface area contributed by atoms with E-state index in [1.54, 1.807) is 6.08 Å². The van der Waals surface area contributed by atoms with Crippen LogP contribution in [0.15, 0.2) is 12.2 Å². The zero-order valence-corrected chi connectivity index (χ0v) is 6.99. The molecule has 0 aromatic carbocycles. The lowest BCUT2D eigenvalue weighted by molar-refractivity contribution is -0.104. The number of rotatable bonds is 5. The quantitative estimate of drug-likeness (QED) is 0.435. The largest absolute Gasteiger partial charge is 0.302 e. The maximum absolute atomic E-state index is 9.92. The molecule has 1 rings (SSSR count). The zero-order valence-electron chi connectivity index (χ0n) is 6.99. The van der Waals surface area contributed by atoms with E-state index in [1.807, 2.05) is 6.08 Å². The van der Waals surface area contributed by atoms with E-state index in [0.29, 0.717) is 0 Å². The molecule has 1 fully saturated rings. The molecule has 62 valence electrons. The summed E-state index contributed by atoms with van der Waals surface area (Å²) < 4.78 is 0. The molecule has 1 saturated carbocycles. The van der Waals surface area contributed by atoms with Crippen LogP contribution in [0.1, 0.15) is 12.8 Å². The summed E-state index contributed by atoms with van der Waals surface area (Å²) in [5.74, 6) is 0.935. The van der Waals surface area contributed by atoms with Crippen LogP contribution in [0.3, 0.4) is 0 Å². The summed E-state index contributed by atoms with van der Waals surface area (Å²) in [4.78, 5) is 12.2. The summed E-state index contributed by atoms with van der Waals surface area (Å²) in [5, 5.41) is 0. The molecule has 0 aromatic rings. The van der Waals surface area contributed by atoms with Gasteiger partial charge in [0.1, 0.15) is 6.29 Å². The highest BCUT2D eigenvalue weighted by molar-refractivity contribution is 5.64. The molecule has 0 heterocycles. The van der Waals surface area contributed by atoms with Gasteiger partial charge in [0.05, 0.1) is 0 Å². The minimum Gasteiger partial charge on any atom is -0.302 e. The predicted octanol–water partition coefficient (Wildman–Crippen LogP) is 1.08. The van der Waals surface area contributed by atoms with Gasteiger partial charge in [-0.3, -0.25) is 4.79 Å². The van der Waals surface area contributed by atoms with Crippen LogP contribution in [0, 0.1) is 5.92 Å². The average molecular weight is 153 g/mol. The highest BCUT2D eigenvalue weighted by Gasteiger charge is 2.21. The van der Waals surface area contributed by atoms with E-state index in [0.717, 1.165) is 18.7 Å². The van der Waals surface area contributed by atoms with E-state index in [9.17, 15) is 4.79 Å². The van der Waals surface area contributed by atoms with Crippen LogP contribution in [0.25, 0.3) is 0 Å². The lowest BCUT2D eigenvalue weighted by Crippen LogP contribution is -2.20. The van der Waals surface area contributed by atoms with Crippen LogP contribution >= 0.6 is 0 Å². The van der Waals surface area contributed by atoms with E-state index in [2.05, 4.69) is 11.9 Å². The minimum absolute atomic E-state index is 0.824. The second-order valence-corrected chi connectivity index (χ2v) is 3.23. The van der Waals surface area contributed by atoms with Crippen LogP contribution < -0.4 is 0 Å². The van der Waals surface area contributed by atoms with Gasteiger partial charge in [0, 0.05) is 13.1 Å². The minimum atomic E-state index is 0.824. The second kappa shape index (κ2) is 4.29. The van der Waals surface area contributed by atoms with E-state index in [4.69, 9.17) is 0 Å². The maximum atomic E-state index is 9.92. The second-order valence-electron chi connectivity index (χ2n) is 3.23. The van der Waals surface area contributed by atoms with Crippen LogP contribution in [0.2, 0.25) is 0 Å². The first-order chi connectivity index (χ1) is 5.33. The number of aldehydes is 1. The molecule has 1 aliphatic rings. The molecule has 0 bridgehead atoms. The van der Waals surface area contributed by atoms with Gasteiger partial charge in [-0.2, -0.15) is 0 Å². The Labute approximate surface area is 67.9 Å². The van der Waals surface area contributed by atoms with Crippen molar-refractivity contribution in [3.05, 3.63) is 12.2 Å². The average Bonchev–Trinajstić information content (AvgIpc) is 2.72. The van der Waals surface area contributed by atoms with Gasteiger partial charge in [-0.15, -0.1) is 0 Å². The van der Waals surface area contributed by atoms with Gasteiger partial charge in [-0.25, -0.2) is 0 Å². The van der Waals surface area contributed by atoms with Gasteiger partial charge in [0.15, 0.2) is 0 Å². The normalized spacial score (nSPS) is 18.0. The third-order valence-electron chi connectivity index (χ3n) is 1.90. The SMILES string of the molecule is CN(CC=CC=O)CC1CC1. The standard InChI is InChI=1S/C9H15NO/c1-10(6-2-3-7-11)8-9-4-5-9/h2-3,7,9H,4-6,8H2,1H3. The van der Waals surface area contributed by atoms with Crippen molar-refractivity contribution in [3.8, 4) is 0 Å². The Bertz CT molecular complexity index is 150. The van der Waals surface area contributed by atoms with E-state index in [1.165, 1.54) is 19.4 Å². The summed E-state index contributed by atoms with van der Waals surface area (Å²) in [6.07, 6.45) is 7.06. The highest BCUT2D eigenvalue weighted by Crippen LogP contribution is 2.29. The monoisotopic (exact) mass is 153 g/mol. The first-order valence-electron chi connectivity index (χ1n) is 4.12. The molecule has 0 unspecified atom stereocenters. The fraction of sp³-hybridized carbons (Fsp3) is 0.667. The number of allylic oxidation sites excluding steroid dienone is 1. The van der Waals surface area contributed by atoms with Crippen molar-refractivity contribution in [3.63, 3.8) is 0 Å². The summed E-state index contributed by atoms with van der Waals surface area (Å²) in [5.41, 5.74) is 0. The molecule has 11 heavy (non-hydrogen) atoms. The smallest absolute Gasteiger partial charge is 0.142 e. The third kappa shape index (κ3) is 3.94. The summed E-state index contributed by atoms with van der Waals surface area (Å²) in [6, 6.07) is 0. The molecular weight excluding hydrogens is 138 g/mol. The number of hydrogen-bond donors (Lipinski definition) is 0. The molecule has 0 aromatic heterocycles. The molecular formula is C9H15NO. The van der Waals surface area contributed by atoms with Gasteiger partial charge in [-0.05, 0) is 31.9 Å². The van der Waals surface area contributed by atoms with Crippen molar-refractivity contribution < 1.29 is 4.79 Å². The van der Waals surface area contributed by atoms with Gasteiger partial charge in [0.2, 0.25) is 0 Å². The van der Waals surface area contributed by atoms with Gasteiger partial charge in [0.25, 0.3) is 0 Å². The number of nitrogens with zero attached hydrogens (tertiary/aromatic N) is 1. The Kier molecular flexibility index (Phi) is 3.30. The van der Waals surface area contributed by atoms with Gasteiger partial charge >= 0.3 is 0 Å². The Balaban J connectivity index is 2.03. The molecule has 2 nitrogen and oxygen atoms in total. The molecule has 0 saturated heterocycles. The van der Waals surface area contributed by atoms with Crippen molar-refractivity contribution in [1.29, 1.82) is 0 Å². The fourth-order valence-corrected chi connectivity index (χ4v) is 1.11. The first kappa shape index (κ1) is 8.47. The highest BCUT2D eigenvalue weighted by atomic mass is 16.1. The van der Waals surface area contributed by atoms with Crippen molar-refractivity contribution in [2.45, 2.75) is 12.8 Å². The summed E-state index contributed by atoms with van der Waals surface area (Å²) >= 11 is 0. The maximum Gasteiger partial charge on any atom is 0.142 e. The van der Waals surface area contributed by atoms with E-state index >= 15 is 0 Å². The summed E-state index contributed by atoms with van der Waals surface area (Å²) in [6.45, 7) is 2.08. The van der Waals surface area contributed by atoms with Crippen LogP contribution in [-0.2, 0) is 4.79 Å². The summed E-state index contributed by atoms with van der Waals surface area (Å²) in [7, 11) is 2.09. The zero-order chi connectivity index (χ0) is 8.10. The van der Waals surface area contributed by atoms with Crippen LogP contribution in [-0.4, -0.2) is 31.3 Å². The Morgan fingerprint density at radius 3 is 2.82 bits per heavy atom. The fourth-order valence-electron chi connectivity index (χ4n) is 1.11. The first-order valence-corrected chi connectivity index (χ1v) is 4.12. The predicted molar refractivity (Wildman–Crippen MR) is 45.4 cm³/mol. The van der Waals surface area contributed by atoms with Gasteiger partial charge < -0.3 is 4.90 Å². The Morgan fingerprint density at radius 2 is 2.27 bits per heavy atom. The molecule has 0 spiro atoms. The molecule has 2 heteroatoms. The topological polar surface area (TPSA) is 20.3 Å². The number of carbonyl (C=O) groups is 1. The van der Waals surface area contributed by atoms with Crippen LogP contribution in [0.5, 0.6) is 0 Å². The molecule has 0 amide bonds. The van der Waals surface area contributed by atoms with E-state index < -0.39 is 0 Å². The molecule has 0 radical (unpaired) electrons. The van der Waals surface area contributed by atoms with Crippen molar-refractivity contribution >= 4 is 6.29 Å². The molecule has 0 N–H and O–H groups in total. The van der Waals surface area contributed by atoms with E-state index in [-0.39, 0.29) is 0 Å². The van der Waals surface area contributed by atoms with Gasteiger partial charge in [-0.1, -0.05) is 6.08 Å². The molecule has 1 aliphatic carbocycles. The lowest BCUT2D eigenvalue weighted by atomic mass is 10.4. The van der Waals surface area contributed by atoms with Crippen molar-refractivity contribution in [2.24, 2.45) is 5.92 Å². The third-order valence-corrected chi connectivity index (χ3v) is 1.90. The van der Waals surface area contributed by atoms with Crippen molar-refractivity contribution in [1.82, 2.24) is 4.90 Å². The lowest BCUT2D eigenvalue weighted by Gasteiger charge is -2.12.